The maximum Gasteiger partial charge on any atom is 0.305 e. The van der Waals surface area contributed by atoms with Gasteiger partial charge in [0.1, 0.15) is 12.4 Å². The Hall–Kier alpha value is -3.75. The molecule has 0 amide bonds. The number of ether oxygens (including phenoxy) is 1. The Labute approximate surface area is 198 Å². The highest BCUT2D eigenvalue weighted by Gasteiger charge is 2.18. The van der Waals surface area contributed by atoms with Crippen LogP contribution in [0.3, 0.4) is 0 Å². The van der Waals surface area contributed by atoms with E-state index in [0.717, 1.165) is 40.6 Å². The summed E-state index contributed by atoms with van der Waals surface area (Å²) in [5.41, 5.74) is 3.47. The van der Waals surface area contributed by atoms with E-state index in [4.69, 9.17) is 9.72 Å². The van der Waals surface area contributed by atoms with Crippen molar-refractivity contribution in [1.29, 1.82) is 0 Å². The van der Waals surface area contributed by atoms with Crippen LogP contribution in [-0.2, 0) is 13.7 Å². The van der Waals surface area contributed by atoms with Crippen LogP contribution in [0.2, 0.25) is 0 Å². The molecular formula is C25H30N8O. The average molecular weight is 459 g/mol. The third-order valence-electron chi connectivity index (χ3n) is 6.37. The Balaban J connectivity index is 1.26. The molecule has 3 heterocycles. The lowest BCUT2D eigenvalue weighted by molar-refractivity contribution is 0.272. The smallest absolute Gasteiger partial charge is 0.305 e. The first-order valence-corrected chi connectivity index (χ1v) is 11.9. The molecule has 0 unspecified atom stereocenters. The Morgan fingerprint density at radius 2 is 1.94 bits per heavy atom. The van der Waals surface area contributed by atoms with Crippen LogP contribution in [-0.4, -0.2) is 34.7 Å². The Kier molecular flexibility index (Phi) is 6.51. The zero-order valence-electron chi connectivity index (χ0n) is 19.5. The molecule has 1 fully saturated rings. The highest BCUT2D eigenvalue weighted by molar-refractivity contribution is 5.78. The number of fused-ring (bicyclic) bond motifs is 1. The van der Waals surface area contributed by atoms with E-state index in [0.29, 0.717) is 12.0 Å². The van der Waals surface area contributed by atoms with Gasteiger partial charge in [0.2, 0.25) is 0 Å². The van der Waals surface area contributed by atoms with Crippen molar-refractivity contribution in [2.75, 3.05) is 5.32 Å². The molecule has 0 aliphatic heterocycles. The molecule has 0 spiro atoms. The van der Waals surface area contributed by atoms with Crippen LogP contribution >= 0.6 is 0 Å². The molecule has 4 aromatic rings. The molecule has 34 heavy (non-hydrogen) atoms. The van der Waals surface area contributed by atoms with Crippen molar-refractivity contribution in [2.24, 2.45) is 13.0 Å². The zero-order valence-corrected chi connectivity index (χ0v) is 19.5. The van der Waals surface area contributed by atoms with Gasteiger partial charge < -0.3 is 10.1 Å². The quantitative estimate of drug-likeness (QED) is 0.384. The van der Waals surface area contributed by atoms with E-state index in [9.17, 15) is 0 Å². The molecule has 9 nitrogen and oxygen atoms in total. The van der Waals surface area contributed by atoms with Gasteiger partial charge in [-0.15, -0.1) is 0 Å². The number of anilines is 1. The summed E-state index contributed by atoms with van der Waals surface area (Å²) in [4.78, 5) is 9.35. The highest BCUT2D eigenvalue weighted by atomic mass is 16.5. The molecular weight excluding hydrogens is 428 g/mol. The second kappa shape index (κ2) is 10.0. The number of pyridine rings is 1. The van der Waals surface area contributed by atoms with Crippen LogP contribution in [0.25, 0.3) is 17.0 Å². The molecule has 9 heteroatoms. The van der Waals surface area contributed by atoms with Crippen LogP contribution in [0, 0.1) is 5.92 Å². The Morgan fingerprint density at radius 1 is 1.09 bits per heavy atom. The van der Waals surface area contributed by atoms with Gasteiger partial charge in [0.15, 0.2) is 0 Å². The number of aryl methyl sites for hydroxylation is 1. The summed E-state index contributed by atoms with van der Waals surface area (Å²) in [5, 5.41) is 15.2. The third-order valence-corrected chi connectivity index (χ3v) is 6.37. The lowest BCUT2D eigenvalue weighted by Gasteiger charge is -2.22. The predicted octanol–water partition coefficient (Wildman–Crippen LogP) is 4.81. The van der Waals surface area contributed by atoms with Crippen molar-refractivity contribution in [1.82, 2.24) is 34.7 Å². The van der Waals surface area contributed by atoms with Crippen LogP contribution in [0.5, 0.6) is 6.01 Å². The molecule has 0 bridgehead atoms. The fraction of sp³-hybridized carbons (Fsp3) is 0.400. The summed E-state index contributed by atoms with van der Waals surface area (Å²) in [6.07, 6.45) is 9.01. The van der Waals surface area contributed by atoms with Crippen molar-refractivity contribution < 1.29 is 4.74 Å². The monoisotopic (exact) mass is 458 g/mol. The van der Waals surface area contributed by atoms with E-state index in [2.05, 4.69) is 32.4 Å². The molecule has 1 aromatic carbocycles. The van der Waals surface area contributed by atoms with Gasteiger partial charge in [-0.1, -0.05) is 62.0 Å². The van der Waals surface area contributed by atoms with Gasteiger partial charge in [-0.05, 0) is 53.5 Å². The number of imidazole rings is 1. The number of nitrogens with zero attached hydrogens (tertiary/aromatic N) is 7. The summed E-state index contributed by atoms with van der Waals surface area (Å²) in [6, 6.07) is 14.1. The van der Waals surface area contributed by atoms with Crippen LogP contribution < -0.4 is 10.1 Å². The largest absolute Gasteiger partial charge is 0.458 e. The number of hydrogen-bond acceptors (Lipinski definition) is 7. The molecule has 0 radical (unpaired) electrons. The van der Waals surface area contributed by atoms with E-state index in [1.807, 2.05) is 47.0 Å². The van der Waals surface area contributed by atoms with Crippen LogP contribution in [0.1, 0.15) is 50.6 Å². The number of para-hydroxylation sites is 2. The van der Waals surface area contributed by atoms with Crippen molar-refractivity contribution >= 4 is 16.9 Å². The lowest BCUT2D eigenvalue weighted by atomic mass is 9.86. The SMILES string of the molecule is C=C(CCC1CCCCC1)Nc1cccc(COc2nc3ccccc3n2-c2nnnn2C)n1. The minimum atomic E-state index is 0.263. The summed E-state index contributed by atoms with van der Waals surface area (Å²) < 4.78 is 9.50. The normalized spacial score (nSPS) is 14.4. The van der Waals surface area contributed by atoms with Gasteiger partial charge in [0, 0.05) is 12.7 Å². The minimum absolute atomic E-state index is 0.263. The highest BCUT2D eigenvalue weighted by Crippen LogP contribution is 2.29. The van der Waals surface area contributed by atoms with Gasteiger partial charge in [0.25, 0.3) is 5.95 Å². The zero-order chi connectivity index (χ0) is 23.3. The Morgan fingerprint density at radius 3 is 2.76 bits per heavy atom. The van der Waals surface area contributed by atoms with E-state index in [-0.39, 0.29) is 6.61 Å². The number of tetrazole rings is 1. The third kappa shape index (κ3) is 4.93. The molecule has 176 valence electrons. The van der Waals surface area contributed by atoms with E-state index < -0.39 is 0 Å². The number of benzene rings is 1. The summed E-state index contributed by atoms with van der Waals surface area (Å²) in [7, 11) is 1.78. The maximum atomic E-state index is 6.10. The van der Waals surface area contributed by atoms with Gasteiger partial charge in [-0.2, -0.15) is 4.98 Å². The van der Waals surface area contributed by atoms with Gasteiger partial charge in [0.05, 0.1) is 16.7 Å². The molecule has 0 atom stereocenters. The standard InChI is InChI=1S/C25H30N8O/c1-18(15-16-19-9-4-3-5-10-19)26-23-14-8-11-20(27-23)17-34-25-28-21-12-6-7-13-22(21)33(25)24-29-30-31-32(24)2/h6-8,11-14,19H,1,3-5,9-10,15-17H2,2H3,(H,26,27). The second-order valence-corrected chi connectivity index (χ2v) is 8.90. The van der Waals surface area contributed by atoms with Gasteiger partial charge >= 0.3 is 6.01 Å². The topological polar surface area (TPSA) is 95.6 Å². The molecule has 1 aliphatic carbocycles. The van der Waals surface area contributed by atoms with E-state index >= 15 is 0 Å². The summed E-state index contributed by atoms with van der Waals surface area (Å²) in [5.74, 6) is 2.14. The molecule has 5 rings (SSSR count). The van der Waals surface area contributed by atoms with Crippen molar-refractivity contribution in [3.63, 3.8) is 0 Å². The fourth-order valence-corrected chi connectivity index (χ4v) is 4.57. The van der Waals surface area contributed by atoms with Gasteiger partial charge in [-0.25, -0.2) is 14.2 Å². The number of nitrogens with one attached hydrogen (secondary N) is 1. The number of rotatable bonds is 9. The summed E-state index contributed by atoms with van der Waals surface area (Å²) >= 11 is 0. The number of hydrogen-bond donors (Lipinski definition) is 1. The molecule has 1 N–H and O–H groups in total. The summed E-state index contributed by atoms with van der Waals surface area (Å²) in [6.45, 7) is 4.48. The average Bonchev–Trinajstić information content (AvgIpc) is 3.44. The first-order valence-electron chi connectivity index (χ1n) is 11.9. The first-order chi connectivity index (χ1) is 16.7. The fourth-order valence-electron chi connectivity index (χ4n) is 4.57. The number of allylic oxidation sites excluding steroid dienone is 1. The van der Waals surface area contributed by atoms with E-state index in [1.54, 1.807) is 11.7 Å². The first kappa shape index (κ1) is 22.1. The van der Waals surface area contributed by atoms with Crippen LogP contribution in [0.4, 0.5) is 5.82 Å². The van der Waals surface area contributed by atoms with E-state index in [1.165, 1.54) is 38.5 Å². The Bertz CT molecular complexity index is 1270. The molecule has 0 saturated heterocycles. The van der Waals surface area contributed by atoms with Crippen LogP contribution in [0.15, 0.2) is 54.7 Å². The lowest BCUT2D eigenvalue weighted by Crippen LogP contribution is -2.10. The molecule has 3 aromatic heterocycles. The molecule has 1 saturated carbocycles. The predicted molar refractivity (Wildman–Crippen MR) is 131 cm³/mol. The number of aromatic nitrogens is 7. The van der Waals surface area contributed by atoms with Crippen molar-refractivity contribution in [3.05, 3.63) is 60.4 Å². The van der Waals surface area contributed by atoms with Gasteiger partial charge in [-0.3, -0.25) is 0 Å². The molecule has 1 aliphatic rings. The van der Waals surface area contributed by atoms with Crippen molar-refractivity contribution in [2.45, 2.75) is 51.6 Å². The minimum Gasteiger partial charge on any atom is -0.458 e. The second-order valence-electron chi connectivity index (χ2n) is 8.90. The van der Waals surface area contributed by atoms with Crippen molar-refractivity contribution in [3.8, 4) is 12.0 Å². The maximum absolute atomic E-state index is 6.10.